The molecule has 0 radical (unpaired) electrons. The van der Waals surface area contributed by atoms with Gasteiger partial charge in [-0.1, -0.05) is 27.7 Å². The SMILES string of the molecule is CCOC(=O)N(CCC(C)C)CCC(C)C. The molecule has 96 valence electrons. The van der Waals surface area contributed by atoms with Gasteiger partial charge in [0, 0.05) is 13.1 Å². The molecule has 0 N–H and O–H groups in total. The van der Waals surface area contributed by atoms with Gasteiger partial charge in [0.2, 0.25) is 0 Å². The van der Waals surface area contributed by atoms with Crippen LogP contribution in [-0.2, 0) is 4.74 Å². The van der Waals surface area contributed by atoms with Crippen molar-refractivity contribution >= 4 is 6.09 Å². The number of ether oxygens (including phenoxy) is 1. The molecule has 0 aromatic heterocycles. The van der Waals surface area contributed by atoms with E-state index in [2.05, 4.69) is 27.7 Å². The first kappa shape index (κ1) is 15.3. The molecular formula is C13H27NO2. The summed E-state index contributed by atoms with van der Waals surface area (Å²) >= 11 is 0. The second-order valence-corrected chi connectivity index (χ2v) is 5.05. The van der Waals surface area contributed by atoms with Crippen LogP contribution in [0.1, 0.15) is 47.5 Å². The van der Waals surface area contributed by atoms with Crippen molar-refractivity contribution in [2.45, 2.75) is 47.5 Å². The fourth-order valence-electron chi connectivity index (χ4n) is 1.34. The molecule has 0 fully saturated rings. The van der Waals surface area contributed by atoms with E-state index in [0.717, 1.165) is 25.9 Å². The first-order valence-corrected chi connectivity index (χ1v) is 6.39. The molecule has 0 aromatic carbocycles. The van der Waals surface area contributed by atoms with E-state index in [1.165, 1.54) is 0 Å². The molecule has 0 aliphatic rings. The maximum atomic E-state index is 11.7. The monoisotopic (exact) mass is 229 g/mol. The molecule has 0 unspecified atom stereocenters. The summed E-state index contributed by atoms with van der Waals surface area (Å²) in [4.78, 5) is 13.5. The minimum absolute atomic E-state index is 0.163. The lowest BCUT2D eigenvalue weighted by atomic mass is 10.1. The molecule has 3 nitrogen and oxygen atoms in total. The van der Waals surface area contributed by atoms with Crippen LogP contribution in [0.3, 0.4) is 0 Å². The largest absolute Gasteiger partial charge is 0.450 e. The van der Waals surface area contributed by atoms with E-state index in [-0.39, 0.29) is 6.09 Å². The van der Waals surface area contributed by atoms with Crippen LogP contribution < -0.4 is 0 Å². The average Bonchev–Trinajstić information content (AvgIpc) is 2.17. The number of rotatable bonds is 7. The Morgan fingerprint density at radius 3 is 1.81 bits per heavy atom. The summed E-state index contributed by atoms with van der Waals surface area (Å²) in [5, 5.41) is 0. The van der Waals surface area contributed by atoms with Crippen molar-refractivity contribution in [2.24, 2.45) is 11.8 Å². The Morgan fingerprint density at radius 2 is 1.50 bits per heavy atom. The van der Waals surface area contributed by atoms with Crippen molar-refractivity contribution in [3.8, 4) is 0 Å². The summed E-state index contributed by atoms with van der Waals surface area (Å²) in [7, 11) is 0. The first-order valence-electron chi connectivity index (χ1n) is 6.39. The number of carbonyl (C=O) groups excluding carboxylic acids is 1. The van der Waals surface area contributed by atoms with Crippen LogP contribution in [0.5, 0.6) is 0 Å². The highest BCUT2D eigenvalue weighted by atomic mass is 16.6. The predicted octanol–water partition coefficient (Wildman–Crippen LogP) is 3.54. The molecule has 0 aliphatic carbocycles. The molecule has 0 rings (SSSR count). The maximum Gasteiger partial charge on any atom is 0.409 e. The number of amides is 1. The zero-order valence-corrected chi connectivity index (χ0v) is 11.5. The quantitative estimate of drug-likeness (QED) is 0.668. The Kier molecular flexibility index (Phi) is 8.04. The van der Waals surface area contributed by atoms with E-state index in [0.29, 0.717) is 18.4 Å². The van der Waals surface area contributed by atoms with Crippen LogP contribution in [-0.4, -0.2) is 30.7 Å². The van der Waals surface area contributed by atoms with E-state index in [9.17, 15) is 4.79 Å². The highest BCUT2D eigenvalue weighted by Gasteiger charge is 2.14. The molecule has 0 bridgehead atoms. The smallest absolute Gasteiger partial charge is 0.409 e. The van der Waals surface area contributed by atoms with Crippen LogP contribution in [0.2, 0.25) is 0 Å². The molecule has 0 atom stereocenters. The van der Waals surface area contributed by atoms with Crippen LogP contribution in [0.4, 0.5) is 4.79 Å². The minimum atomic E-state index is -0.163. The van der Waals surface area contributed by atoms with Crippen molar-refractivity contribution in [1.82, 2.24) is 4.90 Å². The predicted molar refractivity (Wildman–Crippen MR) is 67.5 cm³/mol. The summed E-state index contributed by atoms with van der Waals surface area (Å²) in [5.74, 6) is 1.24. The Bertz CT molecular complexity index is 178. The van der Waals surface area contributed by atoms with Crippen LogP contribution in [0.15, 0.2) is 0 Å². The molecular weight excluding hydrogens is 202 g/mol. The van der Waals surface area contributed by atoms with Gasteiger partial charge in [-0.2, -0.15) is 0 Å². The van der Waals surface area contributed by atoms with Gasteiger partial charge in [-0.05, 0) is 31.6 Å². The van der Waals surface area contributed by atoms with E-state index in [1.807, 2.05) is 11.8 Å². The third-order valence-electron chi connectivity index (χ3n) is 2.48. The van der Waals surface area contributed by atoms with Crippen LogP contribution in [0.25, 0.3) is 0 Å². The molecule has 3 heteroatoms. The molecule has 0 spiro atoms. The summed E-state index contributed by atoms with van der Waals surface area (Å²) in [6.07, 6.45) is 1.91. The molecule has 0 aliphatic heterocycles. The summed E-state index contributed by atoms with van der Waals surface area (Å²) < 4.78 is 5.06. The van der Waals surface area contributed by atoms with Gasteiger partial charge in [0.05, 0.1) is 6.61 Å². The second kappa shape index (κ2) is 8.43. The Balaban J connectivity index is 4.09. The first-order chi connectivity index (χ1) is 7.47. The highest BCUT2D eigenvalue weighted by molar-refractivity contribution is 5.67. The standard InChI is InChI=1S/C13H27NO2/c1-6-16-13(15)14(9-7-11(2)3)10-8-12(4)5/h11-12H,6-10H2,1-5H3. The minimum Gasteiger partial charge on any atom is -0.450 e. The third-order valence-corrected chi connectivity index (χ3v) is 2.48. The lowest BCUT2D eigenvalue weighted by Gasteiger charge is -2.23. The van der Waals surface area contributed by atoms with Crippen molar-refractivity contribution in [3.63, 3.8) is 0 Å². The lowest BCUT2D eigenvalue weighted by molar-refractivity contribution is 0.103. The van der Waals surface area contributed by atoms with E-state index in [1.54, 1.807) is 0 Å². The highest BCUT2D eigenvalue weighted by Crippen LogP contribution is 2.07. The van der Waals surface area contributed by atoms with Crippen molar-refractivity contribution in [2.75, 3.05) is 19.7 Å². The Morgan fingerprint density at radius 1 is 1.06 bits per heavy atom. The second-order valence-electron chi connectivity index (χ2n) is 5.05. The molecule has 0 saturated heterocycles. The molecule has 0 saturated carbocycles. The normalized spacial score (nSPS) is 10.9. The Labute approximate surface area is 100 Å². The Hall–Kier alpha value is -0.730. The summed E-state index contributed by atoms with van der Waals surface area (Å²) in [5.41, 5.74) is 0. The fraction of sp³-hybridized carbons (Fsp3) is 0.923. The van der Waals surface area contributed by atoms with Gasteiger partial charge in [-0.25, -0.2) is 4.79 Å². The van der Waals surface area contributed by atoms with Gasteiger partial charge in [0.25, 0.3) is 0 Å². The zero-order valence-electron chi connectivity index (χ0n) is 11.5. The zero-order chi connectivity index (χ0) is 12.6. The van der Waals surface area contributed by atoms with Gasteiger partial charge in [-0.3, -0.25) is 0 Å². The fourth-order valence-corrected chi connectivity index (χ4v) is 1.34. The topological polar surface area (TPSA) is 29.5 Å². The lowest BCUT2D eigenvalue weighted by Crippen LogP contribution is -2.34. The molecule has 16 heavy (non-hydrogen) atoms. The number of carbonyl (C=O) groups is 1. The van der Waals surface area contributed by atoms with Gasteiger partial charge < -0.3 is 9.64 Å². The van der Waals surface area contributed by atoms with Gasteiger partial charge in [0.1, 0.15) is 0 Å². The van der Waals surface area contributed by atoms with Crippen molar-refractivity contribution < 1.29 is 9.53 Å². The summed E-state index contributed by atoms with van der Waals surface area (Å²) in [6, 6.07) is 0. The number of hydrogen-bond acceptors (Lipinski definition) is 2. The molecule has 0 heterocycles. The van der Waals surface area contributed by atoms with Gasteiger partial charge in [0.15, 0.2) is 0 Å². The number of hydrogen-bond donors (Lipinski definition) is 0. The van der Waals surface area contributed by atoms with E-state index in [4.69, 9.17) is 4.74 Å². The molecule has 0 aromatic rings. The van der Waals surface area contributed by atoms with Crippen LogP contribution in [0, 0.1) is 11.8 Å². The van der Waals surface area contributed by atoms with Crippen molar-refractivity contribution in [1.29, 1.82) is 0 Å². The summed E-state index contributed by atoms with van der Waals surface area (Å²) in [6.45, 7) is 12.6. The van der Waals surface area contributed by atoms with E-state index < -0.39 is 0 Å². The van der Waals surface area contributed by atoms with Crippen molar-refractivity contribution in [3.05, 3.63) is 0 Å². The van der Waals surface area contributed by atoms with Gasteiger partial charge in [-0.15, -0.1) is 0 Å². The maximum absolute atomic E-state index is 11.7. The van der Waals surface area contributed by atoms with Gasteiger partial charge >= 0.3 is 6.09 Å². The van der Waals surface area contributed by atoms with E-state index >= 15 is 0 Å². The van der Waals surface area contributed by atoms with Crippen LogP contribution >= 0.6 is 0 Å². The number of nitrogens with zero attached hydrogens (tertiary/aromatic N) is 1. The third kappa shape index (κ3) is 7.55. The average molecular weight is 229 g/mol. The molecule has 1 amide bonds.